The summed E-state index contributed by atoms with van der Waals surface area (Å²) >= 11 is 0. The van der Waals surface area contributed by atoms with Gasteiger partial charge in [-0.2, -0.15) is 0 Å². The molecule has 2 N–H and O–H groups in total. The molecule has 1 atom stereocenters. The van der Waals surface area contributed by atoms with Crippen LogP contribution in [0, 0.1) is 11.3 Å². The largest absolute Gasteiger partial charge is 0.481 e. The molecule has 1 spiro atoms. The molecule has 1 aromatic carbocycles. The van der Waals surface area contributed by atoms with E-state index in [9.17, 15) is 14.4 Å². The highest BCUT2D eigenvalue weighted by Crippen LogP contribution is 2.49. The summed E-state index contributed by atoms with van der Waals surface area (Å²) in [6.45, 7) is 11.3. The maximum atomic E-state index is 13.9. The van der Waals surface area contributed by atoms with Gasteiger partial charge in [0.1, 0.15) is 11.4 Å². The van der Waals surface area contributed by atoms with Crippen LogP contribution in [0.4, 0.5) is 0 Å². The second-order valence-corrected chi connectivity index (χ2v) is 11.8. The Morgan fingerprint density at radius 2 is 1.78 bits per heavy atom. The molecule has 1 fully saturated rings. The summed E-state index contributed by atoms with van der Waals surface area (Å²) in [4.78, 5) is 44.4. The Morgan fingerprint density at radius 3 is 2.32 bits per heavy atom. The number of hydrogen-bond acceptors (Lipinski definition) is 4. The van der Waals surface area contributed by atoms with Crippen molar-refractivity contribution in [1.29, 1.82) is 0 Å². The van der Waals surface area contributed by atoms with E-state index in [0.29, 0.717) is 23.6 Å². The third-order valence-electron chi connectivity index (χ3n) is 8.08. The molecule has 2 aliphatic rings. The van der Waals surface area contributed by atoms with Crippen molar-refractivity contribution in [2.75, 3.05) is 6.54 Å². The van der Waals surface area contributed by atoms with Gasteiger partial charge >= 0.3 is 5.97 Å². The number of unbranched alkanes of at least 4 members (excludes halogenated alkanes) is 1. The van der Waals surface area contributed by atoms with E-state index in [4.69, 9.17) is 10.1 Å². The molecule has 0 bridgehead atoms. The van der Waals surface area contributed by atoms with Gasteiger partial charge in [0.15, 0.2) is 0 Å². The average Bonchev–Trinajstić information content (AvgIpc) is 3.10. The molecule has 0 aromatic heterocycles. The van der Waals surface area contributed by atoms with Crippen molar-refractivity contribution < 1.29 is 19.5 Å². The van der Waals surface area contributed by atoms with E-state index in [1.165, 1.54) is 0 Å². The van der Waals surface area contributed by atoms with E-state index in [0.717, 1.165) is 56.9 Å². The fourth-order valence-electron chi connectivity index (χ4n) is 5.90. The summed E-state index contributed by atoms with van der Waals surface area (Å²) in [5, 5.41) is 11.5. The lowest BCUT2D eigenvalue weighted by Gasteiger charge is -2.47. The number of hydrogen-bond donors (Lipinski definition) is 2. The molecule has 1 saturated carbocycles. The van der Waals surface area contributed by atoms with Gasteiger partial charge in [-0.3, -0.25) is 19.4 Å². The van der Waals surface area contributed by atoms with Crippen LogP contribution in [0.2, 0.25) is 0 Å². The fourth-order valence-corrected chi connectivity index (χ4v) is 5.90. The summed E-state index contributed by atoms with van der Waals surface area (Å²) in [7, 11) is 0. The van der Waals surface area contributed by atoms with Crippen molar-refractivity contribution in [3.63, 3.8) is 0 Å². The van der Waals surface area contributed by atoms with Crippen LogP contribution in [0.3, 0.4) is 0 Å². The second kappa shape index (κ2) is 12.2. The minimum absolute atomic E-state index is 0.0765. The topological polar surface area (TPSA) is 99.1 Å². The molecule has 0 radical (unpaired) electrons. The van der Waals surface area contributed by atoms with Gasteiger partial charge in [-0.1, -0.05) is 66.0 Å². The fraction of sp³-hybridized carbons (Fsp3) is 0.667. The van der Waals surface area contributed by atoms with Crippen LogP contribution >= 0.6 is 0 Å². The lowest BCUT2D eigenvalue weighted by molar-refractivity contribution is -0.137. The molecule has 204 valence electrons. The lowest BCUT2D eigenvalue weighted by atomic mass is 9.69. The summed E-state index contributed by atoms with van der Waals surface area (Å²) in [5.41, 5.74) is 1.99. The normalized spacial score (nSPS) is 22.7. The van der Waals surface area contributed by atoms with Crippen molar-refractivity contribution in [3.05, 3.63) is 35.4 Å². The van der Waals surface area contributed by atoms with E-state index >= 15 is 0 Å². The van der Waals surface area contributed by atoms with Crippen molar-refractivity contribution >= 4 is 23.5 Å². The van der Waals surface area contributed by atoms with Gasteiger partial charge in [-0.05, 0) is 67.6 Å². The van der Waals surface area contributed by atoms with Crippen LogP contribution in [-0.2, 0) is 9.59 Å². The van der Waals surface area contributed by atoms with Crippen LogP contribution < -0.4 is 5.32 Å². The van der Waals surface area contributed by atoms with E-state index in [1.54, 1.807) is 12.1 Å². The Morgan fingerprint density at radius 1 is 1.14 bits per heavy atom. The van der Waals surface area contributed by atoms with Gasteiger partial charge in [-0.15, -0.1) is 0 Å². The third kappa shape index (κ3) is 6.79. The molecule has 1 heterocycles. The van der Waals surface area contributed by atoms with Gasteiger partial charge in [0, 0.05) is 12.1 Å². The quantitative estimate of drug-likeness (QED) is 0.373. The standard InChI is InChI=1S/C30H45N3O4/c1-6-8-10-25(21-11-13-22(14-12-21)27(36)31-20-17-26(34)35)33-28(37)24(9-7-2)32-30(33)18-15-23(16-19-30)29(3,4)5/h11-14,23,25H,6-10,15-20H2,1-5H3,(H,31,36)(H,34,35)/t23?,25-,30?/m1/s1. The number of aliphatic imine (C=N–C) groups is 1. The molecule has 2 amide bonds. The number of nitrogens with one attached hydrogen (secondary N) is 1. The number of carboxylic acid groups (broad SMARTS) is 1. The first kappa shape index (κ1) is 28.9. The van der Waals surface area contributed by atoms with Gasteiger partial charge < -0.3 is 15.3 Å². The second-order valence-electron chi connectivity index (χ2n) is 11.8. The molecule has 1 aromatic rings. The number of nitrogens with zero attached hydrogens (tertiary/aromatic N) is 2. The number of amides is 2. The molecule has 37 heavy (non-hydrogen) atoms. The number of carboxylic acids is 1. The minimum Gasteiger partial charge on any atom is -0.481 e. The van der Waals surface area contributed by atoms with Gasteiger partial charge in [0.25, 0.3) is 11.8 Å². The van der Waals surface area contributed by atoms with Gasteiger partial charge in [0.2, 0.25) is 0 Å². The lowest BCUT2D eigenvalue weighted by Crippen LogP contribution is -2.51. The smallest absolute Gasteiger partial charge is 0.305 e. The highest BCUT2D eigenvalue weighted by Gasteiger charge is 2.52. The zero-order chi connectivity index (χ0) is 27.2. The number of carbonyl (C=O) groups is 3. The first-order valence-electron chi connectivity index (χ1n) is 14.0. The number of benzene rings is 1. The number of carbonyl (C=O) groups excluding carboxylic acids is 2. The first-order valence-corrected chi connectivity index (χ1v) is 14.0. The molecular weight excluding hydrogens is 466 g/mol. The SMILES string of the molecule is CCCC[C@H](c1ccc(C(=O)NCCC(=O)O)cc1)N1C(=O)C(CCC)=NC12CCC(C(C)(C)C)CC2. The maximum absolute atomic E-state index is 13.9. The zero-order valence-corrected chi connectivity index (χ0v) is 23.3. The zero-order valence-electron chi connectivity index (χ0n) is 23.3. The predicted octanol–water partition coefficient (Wildman–Crippen LogP) is 6.14. The number of rotatable bonds is 11. The van der Waals surface area contributed by atoms with Crippen molar-refractivity contribution in [1.82, 2.24) is 10.2 Å². The third-order valence-corrected chi connectivity index (χ3v) is 8.08. The number of aliphatic carboxylic acids is 1. The van der Waals surface area contributed by atoms with Gasteiger partial charge in [0.05, 0.1) is 12.5 Å². The molecule has 3 rings (SSSR count). The Bertz CT molecular complexity index is 985. The summed E-state index contributed by atoms with van der Waals surface area (Å²) < 4.78 is 0. The molecule has 0 unspecified atom stereocenters. The maximum Gasteiger partial charge on any atom is 0.305 e. The molecular formula is C30H45N3O4. The Labute approximate surface area is 222 Å². The van der Waals surface area contributed by atoms with Crippen molar-refractivity contribution in [2.24, 2.45) is 16.3 Å². The Kier molecular flexibility index (Phi) is 9.54. The highest BCUT2D eigenvalue weighted by molar-refractivity contribution is 6.40. The summed E-state index contributed by atoms with van der Waals surface area (Å²) in [6.07, 6.45) is 8.27. The average molecular weight is 512 g/mol. The Hall–Kier alpha value is -2.70. The van der Waals surface area contributed by atoms with E-state index < -0.39 is 11.6 Å². The molecule has 7 heteroatoms. The van der Waals surface area contributed by atoms with Crippen LogP contribution in [0.15, 0.2) is 29.3 Å². The van der Waals surface area contributed by atoms with Gasteiger partial charge in [-0.25, -0.2) is 0 Å². The van der Waals surface area contributed by atoms with Crippen LogP contribution in [-0.4, -0.2) is 45.7 Å². The van der Waals surface area contributed by atoms with E-state index in [-0.39, 0.29) is 36.2 Å². The summed E-state index contributed by atoms with van der Waals surface area (Å²) in [5.74, 6) is -0.540. The molecule has 7 nitrogen and oxygen atoms in total. The van der Waals surface area contributed by atoms with Crippen molar-refractivity contribution in [3.8, 4) is 0 Å². The van der Waals surface area contributed by atoms with Crippen LogP contribution in [0.5, 0.6) is 0 Å². The molecule has 1 aliphatic heterocycles. The Balaban J connectivity index is 1.89. The van der Waals surface area contributed by atoms with Crippen LogP contribution in [0.1, 0.15) is 121 Å². The first-order chi connectivity index (χ1) is 17.5. The highest BCUT2D eigenvalue weighted by atomic mass is 16.4. The van der Waals surface area contributed by atoms with E-state index in [1.807, 2.05) is 12.1 Å². The van der Waals surface area contributed by atoms with E-state index in [2.05, 4.69) is 44.8 Å². The van der Waals surface area contributed by atoms with Crippen LogP contribution in [0.25, 0.3) is 0 Å². The monoisotopic (exact) mass is 511 g/mol. The minimum atomic E-state index is -0.945. The predicted molar refractivity (Wildman–Crippen MR) is 147 cm³/mol. The van der Waals surface area contributed by atoms with Crippen molar-refractivity contribution in [2.45, 2.75) is 111 Å². The summed E-state index contributed by atoms with van der Waals surface area (Å²) in [6, 6.07) is 7.36. The molecule has 0 saturated heterocycles. The molecule has 1 aliphatic carbocycles.